The Kier molecular flexibility index (Phi) is 12.6. The molecule has 9 heteroatoms. The SMILES string of the molecule is CS(=O)(=O)NC1CN(C(c2ccccc2)c2ccccc2)C1.ClCCl.NC1CN(C(c2ccccc2)c2ccccc2)C1. The molecule has 6 nitrogen and oxygen atoms in total. The molecule has 2 saturated heterocycles. The minimum Gasteiger partial charge on any atom is -0.325 e. The van der Waals surface area contributed by atoms with Crippen LogP contribution >= 0.6 is 23.2 Å². The fraction of sp³-hybridized carbons (Fsp3) is 0.294. The van der Waals surface area contributed by atoms with Gasteiger partial charge < -0.3 is 5.73 Å². The van der Waals surface area contributed by atoms with E-state index < -0.39 is 10.0 Å². The fourth-order valence-corrected chi connectivity index (χ4v) is 6.38. The number of nitrogens with zero attached hydrogens (tertiary/aromatic N) is 2. The Bertz CT molecular complexity index is 1370. The van der Waals surface area contributed by atoms with Gasteiger partial charge in [0.15, 0.2) is 0 Å². The maximum absolute atomic E-state index is 11.3. The Labute approximate surface area is 266 Å². The zero-order chi connectivity index (χ0) is 30.7. The molecular weight excluding hydrogens is 599 g/mol. The molecule has 6 rings (SSSR count). The molecule has 0 saturated carbocycles. The van der Waals surface area contributed by atoms with E-state index in [-0.39, 0.29) is 17.4 Å². The van der Waals surface area contributed by atoms with E-state index in [1.54, 1.807) is 0 Å². The number of sulfonamides is 1. The topological polar surface area (TPSA) is 78.7 Å². The smallest absolute Gasteiger partial charge is 0.209 e. The van der Waals surface area contributed by atoms with E-state index in [0.717, 1.165) is 26.2 Å². The third-order valence-corrected chi connectivity index (χ3v) is 8.18. The number of alkyl halides is 2. The number of likely N-dealkylation sites (tertiary alicyclic amines) is 2. The minimum absolute atomic E-state index is 0.00456. The molecule has 0 aromatic heterocycles. The molecule has 2 aliphatic heterocycles. The average Bonchev–Trinajstić information content (AvgIpc) is 2.98. The summed E-state index contributed by atoms with van der Waals surface area (Å²) in [5, 5.41) is 0.194. The van der Waals surface area contributed by atoms with Crippen molar-refractivity contribution in [2.24, 2.45) is 5.73 Å². The van der Waals surface area contributed by atoms with E-state index in [9.17, 15) is 8.42 Å². The summed E-state index contributed by atoms with van der Waals surface area (Å²) in [4.78, 5) is 4.74. The highest BCUT2D eigenvalue weighted by atomic mass is 35.5. The molecule has 0 radical (unpaired) electrons. The Morgan fingerprint density at radius 2 is 0.930 bits per heavy atom. The Morgan fingerprint density at radius 1 is 0.651 bits per heavy atom. The summed E-state index contributed by atoms with van der Waals surface area (Å²) in [6.07, 6.45) is 1.21. The summed E-state index contributed by atoms with van der Waals surface area (Å²) < 4.78 is 25.3. The third-order valence-electron chi connectivity index (χ3n) is 7.42. The highest BCUT2D eigenvalue weighted by Crippen LogP contribution is 2.33. The summed E-state index contributed by atoms with van der Waals surface area (Å²) >= 11 is 9.53. The predicted molar refractivity (Wildman–Crippen MR) is 179 cm³/mol. The molecule has 0 unspecified atom stereocenters. The summed E-state index contributed by atoms with van der Waals surface area (Å²) in [7, 11) is -3.14. The van der Waals surface area contributed by atoms with Gasteiger partial charge in [0.2, 0.25) is 10.0 Å². The lowest BCUT2D eigenvalue weighted by Crippen LogP contribution is -2.59. The first kappa shape index (κ1) is 33.1. The number of rotatable bonds is 8. The third kappa shape index (κ3) is 9.88. The largest absolute Gasteiger partial charge is 0.325 e. The van der Waals surface area contributed by atoms with Crippen molar-refractivity contribution < 1.29 is 8.42 Å². The number of halogens is 2. The second-order valence-corrected chi connectivity index (χ2v) is 13.4. The molecule has 0 bridgehead atoms. The first-order chi connectivity index (χ1) is 20.8. The maximum Gasteiger partial charge on any atom is 0.209 e. The zero-order valence-corrected chi connectivity index (χ0v) is 26.7. The Morgan fingerprint density at radius 3 is 1.19 bits per heavy atom. The lowest BCUT2D eigenvalue weighted by atomic mass is 9.93. The van der Waals surface area contributed by atoms with Crippen LogP contribution in [0.1, 0.15) is 34.3 Å². The van der Waals surface area contributed by atoms with Crippen molar-refractivity contribution in [2.45, 2.75) is 24.2 Å². The van der Waals surface area contributed by atoms with Crippen LogP contribution in [0.15, 0.2) is 121 Å². The highest BCUT2D eigenvalue weighted by Gasteiger charge is 2.35. The maximum atomic E-state index is 11.3. The van der Waals surface area contributed by atoms with Crippen LogP contribution in [0.25, 0.3) is 0 Å². The van der Waals surface area contributed by atoms with Crippen LogP contribution in [0.3, 0.4) is 0 Å². The molecule has 2 fully saturated rings. The molecule has 228 valence electrons. The molecule has 4 aromatic carbocycles. The quantitative estimate of drug-likeness (QED) is 0.237. The van der Waals surface area contributed by atoms with Gasteiger partial charge in [-0.15, -0.1) is 23.2 Å². The molecular formula is C34H40Cl2N4O2S. The molecule has 0 atom stereocenters. The molecule has 4 aromatic rings. The van der Waals surface area contributed by atoms with Crippen LogP contribution in [0, 0.1) is 0 Å². The Balaban J connectivity index is 0.000000183. The van der Waals surface area contributed by atoms with Gasteiger partial charge in [-0.3, -0.25) is 9.80 Å². The summed E-state index contributed by atoms with van der Waals surface area (Å²) in [5.74, 6) is 0. The van der Waals surface area contributed by atoms with Gasteiger partial charge >= 0.3 is 0 Å². The first-order valence-electron chi connectivity index (χ1n) is 14.3. The Hall–Kier alpha value is -2.75. The molecule has 3 N–H and O–H groups in total. The van der Waals surface area contributed by atoms with E-state index >= 15 is 0 Å². The number of nitrogens with two attached hydrogens (primary N) is 1. The minimum atomic E-state index is -3.14. The molecule has 2 heterocycles. The number of benzene rings is 4. The predicted octanol–water partition coefficient (Wildman–Crippen LogP) is 5.85. The number of hydrogen-bond donors (Lipinski definition) is 2. The number of hydrogen-bond acceptors (Lipinski definition) is 5. The van der Waals surface area contributed by atoms with E-state index in [4.69, 9.17) is 28.9 Å². The molecule has 0 aliphatic carbocycles. The average molecular weight is 640 g/mol. The van der Waals surface area contributed by atoms with Crippen molar-refractivity contribution in [3.05, 3.63) is 144 Å². The van der Waals surface area contributed by atoms with Crippen LogP contribution in [-0.4, -0.2) is 68.1 Å². The summed E-state index contributed by atoms with van der Waals surface area (Å²) in [6.45, 7) is 3.41. The van der Waals surface area contributed by atoms with Gasteiger partial charge in [0.1, 0.15) is 0 Å². The standard InChI is InChI=1S/C17H20N2O2S.C16H18N2.CH2Cl2/c1-22(20,21)18-16-12-19(13-16)17(14-8-4-2-5-9-14)15-10-6-3-7-11-15;17-15-11-18(12-15)16(13-7-3-1-4-8-13)14-9-5-2-6-10-14;2-1-3/h2-11,16-18H,12-13H2,1H3;1-10,15-16H,11-12,17H2;1H2. The molecule has 2 aliphatic rings. The van der Waals surface area contributed by atoms with Crippen molar-refractivity contribution in [3.8, 4) is 0 Å². The van der Waals surface area contributed by atoms with Crippen LogP contribution < -0.4 is 10.5 Å². The van der Waals surface area contributed by atoms with Crippen LogP contribution in [0.2, 0.25) is 0 Å². The normalized spacial score (nSPS) is 16.0. The van der Waals surface area contributed by atoms with E-state index in [2.05, 4.69) is 99.5 Å². The zero-order valence-electron chi connectivity index (χ0n) is 24.3. The lowest BCUT2D eigenvalue weighted by molar-refractivity contribution is 0.105. The van der Waals surface area contributed by atoms with Gasteiger partial charge in [-0.05, 0) is 22.3 Å². The summed E-state index contributed by atoms with van der Waals surface area (Å²) in [6, 6.07) is 42.8. The van der Waals surface area contributed by atoms with Crippen molar-refractivity contribution in [2.75, 3.05) is 37.8 Å². The fourth-order valence-electron chi connectivity index (χ4n) is 5.63. The summed E-state index contributed by atoms with van der Waals surface area (Å²) in [5.41, 5.74) is 11.1. The van der Waals surface area contributed by atoms with E-state index in [1.165, 1.54) is 28.5 Å². The van der Waals surface area contributed by atoms with Gasteiger partial charge in [0.25, 0.3) is 0 Å². The van der Waals surface area contributed by atoms with Gasteiger partial charge in [0.05, 0.1) is 23.7 Å². The van der Waals surface area contributed by atoms with Crippen molar-refractivity contribution in [3.63, 3.8) is 0 Å². The van der Waals surface area contributed by atoms with Crippen LogP contribution in [0.4, 0.5) is 0 Å². The molecule has 43 heavy (non-hydrogen) atoms. The van der Waals surface area contributed by atoms with E-state index in [1.807, 2.05) is 36.4 Å². The van der Waals surface area contributed by atoms with Gasteiger partial charge in [0, 0.05) is 38.3 Å². The number of nitrogens with one attached hydrogen (secondary N) is 1. The monoisotopic (exact) mass is 638 g/mol. The molecule has 0 amide bonds. The van der Waals surface area contributed by atoms with E-state index in [0.29, 0.717) is 12.1 Å². The van der Waals surface area contributed by atoms with Crippen LogP contribution in [0.5, 0.6) is 0 Å². The van der Waals surface area contributed by atoms with Gasteiger partial charge in [-0.1, -0.05) is 121 Å². The second kappa shape index (κ2) is 16.4. The van der Waals surface area contributed by atoms with Crippen molar-refractivity contribution >= 4 is 33.2 Å². The highest BCUT2D eigenvalue weighted by molar-refractivity contribution is 7.88. The second-order valence-electron chi connectivity index (χ2n) is 10.8. The lowest BCUT2D eigenvalue weighted by Gasteiger charge is -2.44. The first-order valence-corrected chi connectivity index (χ1v) is 17.3. The van der Waals surface area contributed by atoms with Crippen molar-refractivity contribution in [1.29, 1.82) is 0 Å². The van der Waals surface area contributed by atoms with Gasteiger partial charge in [-0.25, -0.2) is 13.1 Å². The van der Waals surface area contributed by atoms with Crippen molar-refractivity contribution in [1.82, 2.24) is 14.5 Å². The van der Waals surface area contributed by atoms with Crippen LogP contribution in [-0.2, 0) is 10.0 Å². The van der Waals surface area contributed by atoms with Gasteiger partial charge in [-0.2, -0.15) is 0 Å². The molecule has 0 spiro atoms.